The van der Waals surface area contributed by atoms with Gasteiger partial charge >= 0.3 is 5.97 Å². The molecule has 4 heterocycles. The van der Waals surface area contributed by atoms with Crippen LogP contribution in [0.25, 0.3) is 27.7 Å². The topological polar surface area (TPSA) is 126 Å². The molecule has 0 atom stereocenters. The van der Waals surface area contributed by atoms with Gasteiger partial charge in [-0.1, -0.05) is 20.8 Å². The van der Waals surface area contributed by atoms with Crippen molar-refractivity contribution in [3.63, 3.8) is 0 Å². The summed E-state index contributed by atoms with van der Waals surface area (Å²) in [6, 6.07) is 8.44. The summed E-state index contributed by atoms with van der Waals surface area (Å²) in [6.07, 6.45) is 6.79. The van der Waals surface area contributed by atoms with Crippen LogP contribution in [0.2, 0.25) is 0 Å². The average molecular weight is 612 g/mol. The molecule has 1 aliphatic carbocycles. The van der Waals surface area contributed by atoms with Crippen molar-refractivity contribution in [2.45, 2.75) is 58.5 Å². The molecule has 0 unspecified atom stereocenters. The number of esters is 1. The first kappa shape index (κ1) is 29.9. The van der Waals surface area contributed by atoms with Crippen molar-refractivity contribution in [3.8, 4) is 16.9 Å². The van der Waals surface area contributed by atoms with E-state index < -0.39 is 17.3 Å². The van der Waals surface area contributed by atoms with E-state index in [-0.39, 0.29) is 34.5 Å². The summed E-state index contributed by atoms with van der Waals surface area (Å²) in [7, 11) is 3.51. The molecule has 0 saturated heterocycles. The number of ether oxygens (including phenoxy) is 1. The lowest BCUT2D eigenvalue weighted by Gasteiger charge is -2.20. The van der Waals surface area contributed by atoms with Crippen LogP contribution < -0.4 is 16.4 Å². The number of rotatable bonds is 7. The van der Waals surface area contributed by atoms with E-state index in [2.05, 4.69) is 20.5 Å². The summed E-state index contributed by atoms with van der Waals surface area (Å²) in [5.74, 6) is -0.105. The molecule has 11 nitrogen and oxygen atoms in total. The fourth-order valence-electron chi connectivity index (χ4n) is 5.46. The SMILES string of the molecule is CC(=O)OCc1c(-c2cc(Nc3cc(C4CC4)n(C)n3)c(=O)n(C)c2)ccnc1-n1ncc2cc(C(C)(C)C)cc(F)c2c1=O. The molecule has 0 bridgehead atoms. The van der Waals surface area contributed by atoms with E-state index in [9.17, 15) is 14.4 Å². The average Bonchev–Trinajstić information content (AvgIpc) is 3.75. The monoisotopic (exact) mass is 611 g/mol. The summed E-state index contributed by atoms with van der Waals surface area (Å²) in [5.41, 5.74) is 2.28. The number of fused-ring (bicyclic) bond motifs is 1. The quantitative estimate of drug-likeness (QED) is 0.255. The highest BCUT2D eigenvalue weighted by atomic mass is 19.1. The standard InChI is InChI=1S/C33H34FN7O4/c1-18(42)45-17-24-23(21-12-26(31(43)39(5)16-21)37-28-14-27(19-7-8-19)40(6)38-28)9-10-35-30(24)41-32(44)29-20(15-36-41)11-22(13-25(29)34)33(2,3)4/h9-16,19H,7-8,17H2,1-6H3,(H,37,38). The molecule has 1 aromatic carbocycles. The number of pyridine rings is 2. The van der Waals surface area contributed by atoms with Crippen LogP contribution >= 0.6 is 0 Å². The number of carbonyl (C=O) groups excluding carboxylic acids is 1. The minimum atomic E-state index is -0.705. The molecule has 1 N–H and O–H groups in total. The van der Waals surface area contributed by atoms with Crippen LogP contribution in [-0.2, 0) is 35.6 Å². The van der Waals surface area contributed by atoms with Crippen LogP contribution in [0.3, 0.4) is 0 Å². The van der Waals surface area contributed by atoms with Crippen molar-refractivity contribution >= 4 is 28.2 Å². The first-order valence-corrected chi connectivity index (χ1v) is 14.7. The molecule has 1 saturated carbocycles. The Morgan fingerprint density at radius 2 is 1.87 bits per heavy atom. The van der Waals surface area contributed by atoms with Crippen molar-refractivity contribution < 1.29 is 13.9 Å². The van der Waals surface area contributed by atoms with Crippen LogP contribution in [0.5, 0.6) is 0 Å². The van der Waals surface area contributed by atoms with E-state index in [4.69, 9.17) is 4.74 Å². The Bertz CT molecular complexity index is 2100. The van der Waals surface area contributed by atoms with Crippen LogP contribution in [0, 0.1) is 5.82 Å². The second-order valence-corrected chi connectivity index (χ2v) is 12.5. The van der Waals surface area contributed by atoms with Gasteiger partial charge in [-0.2, -0.15) is 14.9 Å². The Balaban J connectivity index is 1.49. The molecule has 1 aliphatic rings. The maximum atomic E-state index is 15.4. The van der Waals surface area contributed by atoms with Gasteiger partial charge in [-0.25, -0.2) is 9.37 Å². The van der Waals surface area contributed by atoms with Gasteiger partial charge in [0.1, 0.15) is 18.1 Å². The zero-order valence-electron chi connectivity index (χ0n) is 26.0. The van der Waals surface area contributed by atoms with Gasteiger partial charge < -0.3 is 14.6 Å². The van der Waals surface area contributed by atoms with Crippen LogP contribution in [-0.4, -0.2) is 35.1 Å². The molecule has 1 fully saturated rings. The lowest BCUT2D eigenvalue weighted by Crippen LogP contribution is -2.25. The minimum absolute atomic E-state index is 0.0714. The molecular weight excluding hydrogens is 577 g/mol. The van der Waals surface area contributed by atoms with E-state index in [1.54, 1.807) is 31.4 Å². The molecular formula is C33H34FN7O4. The maximum absolute atomic E-state index is 15.4. The first-order valence-electron chi connectivity index (χ1n) is 14.7. The third kappa shape index (κ3) is 5.75. The molecule has 0 aliphatic heterocycles. The smallest absolute Gasteiger partial charge is 0.302 e. The van der Waals surface area contributed by atoms with Crippen molar-refractivity contribution in [1.82, 2.24) is 29.1 Å². The van der Waals surface area contributed by atoms with Crippen molar-refractivity contribution in [3.05, 3.63) is 92.3 Å². The van der Waals surface area contributed by atoms with E-state index in [1.807, 2.05) is 38.6 Å². The lowest BCUT2D eigenvalue weighted by atomic mass is 9.86. The molecule has 232 valence electrons. The zero-order chi connectivity index (χ0) is 32.2. The highest BCUT2D eigenvalue weighted by Gasteiger charge is 2.27. The van der Waals surface area contributed by atoms with Gasteiger partial charge in [-0.3, -0.25) is 19.1 Å². The molecule has 0 spiro atoms. The van der Waals surface area contributed by atoms with Crippen LogP contribution in [0.4, 0.5) is 15.9 Å². The lowest BCUT2D eigenvalue weighted by molar-refractivity contribution is -0.142. The van der Waals surface area contributed by atoms with E-state index >= 15 is 4.39 Å². The van der Waals surface area contributed by atoms with Gasteiger partial charge in [-0.15, -0.1) is 0 Å². The van der Waals surface area contributed by atoms with Gasteiger partial charge in [-0.05, 0) is 53.6 Å². The Kier molecular flexibility index (Phi) is 7.38. The number of aryl methyl sites for hydroxylation is 2. The van der Waals surface area contributed by atoms with E-state index in [0.717, 1.165) is 28.8 Å². The zero-order valence-corrected chi connectivity index (χ0v) is 26.0. The van der Waals surface area contributed by atoms with Gasteiger partial charge in [0, 0.05) is 67.6 Å². The number of halogens is 1. The van der Waals surface area contributed by atoms with Crippen molar-refractivity contribution in [1.29, 1.82) is 0 Å². The largest absolute Gasteiger partial charge is 0.461 e. The highest BCUT2D eigenvalue weighted by Crippen LogP contribution is 2.40. The van der Waals surface area contributed by atoms with Crippen LogP contribution in [0.1, 0.15) is 63.3 Å². The fraction of sp³-hybridized carbons (Fsp3) is 0.333. The molecule has 6 rings (SSSR count). The molecule has 0 radical (unpaired) electrons. The van der Waals surface area contributed by atoms with E-state index in [0.29, 0.717) is 33.8 Å². The predicted molar refractivity (Wildman–Crippen MR) is 168 cm³/mol. The summed E-state index contributed by atoms with van der Waals surface area (Å²) in [5, 5.41) is 12.3. The molecule has 0 amide bonds. The van der Waals surface area contributed by atoms with Crippen LogP contribution in [0.15, 0.2) is 58.5 Å². The maximum Gasteiger partial charge on any atom is 0.302 e. The summed E-state index contributed by atoms with van der Waals surface area (Å²) >= 11 is 0. The number of nitrogens with zero attached hydrogens (tertiary/aromatic N) is 6. The Labute approximate surface area is 258 Å². The van der Waals surface area contributed by atoms with E-state index in [1.165, 1.54) is 30.0 Å². The van der Waals surface area contributed by atoms with Gasteiger partial charge in [0.25, 0.3) is 11.1 Å². The second kappa shape index (κ2) is 11.1. The molecule has 4 aromatic heterocycles. The Morgan fingerprint density at radius 1 is 1.11 bits per heavy atom. The number of anilines is 2. The molecule has 12 heteroatoms. The molecule has 45 heavy (non-hydrogen) atoms. The van der Waals surface area contributed by atoms with Crippen molar-refractivity contribution in [2.75, 3.05) is 5.32 Å². The normalized spacial score (nSPS) is 13.3. The third-order valence-corrected chi connectivity index (χ3v) is 8.03. The minimum Gasteiger partial charge on any atom is -0.461 e. The Hall–Kier alpha value is -5.13. The number of hydrogen-bond acceptors (Lipinski definition) is 8. The fourth-order valence-corrected chi connectivity index (χ4v) is 5.46. The van der Waals surface area contributed by atoms with Crippen molar-refractivity contribution in [2.24, 2.45) is 14.1 Å². The summed E-state index contributed by atoms with van der Waals surface area (Å²) in [4.78, 5) is 43.2. The number of aromatic nitrogens is 6. The van der Waals surface area contributed by atoms with Gasteiger partial charge in [0.05, 0.1) is 11.6 Å². The highest BCUT2D eigenvalue weighted by molar-refractivity contribution is 5.83. The number of carbonyl (C=O) groups is 1. The predicted octanol–water partition coefficient (Wildman–Crippen LogP) is 5.00. The van der Waals surface area contributed by atoms with Gasteiger partial charge in [0.15, 0.2) is 11.6 Å². The number of benzene rings is 1. The second-order valence-electron chi connectivity index (χ2n) is 12.5. The van der Waals surface area contributed by atoms with Gasteiger partial charge in [0.2, 0.25) is 0 Å². The molecule has 5 aromatic rings. The summed E-state index contributed by atoms with van der Waals surface area (Å²) in [6.45, 7) is 6.90. The number of hydrogen-bond donors (Lipinski definition) is 1. The number of nitrogens with one attached hydrogen (secondary N) is 1. The summed E-state index contributed by atoms with van der Waals surface area (Å²) < 4.78 is 25.1. The first-order chi connectivity index (χ1) is 21.3. The third-order valence-electron chi connectivity index (χ3n) is 8.03. The Morgan fingerprint density at radius 3 is 2.56 bits per heavy atom.